The van der Waals surface area contributed by atoms with Crippen molar-refractivity contribution in [2.75, 3.05) is 5.32 Å². The Morgan fingerprint density at radius 1 is 1.03 bits per heavy atom. The molecule has 2 amide bonds. The van der Waals surface area contributed by atoms with Crippen molar-refractivity contribution in [3.63, 3.8) is 0 Å². The molecular weight excluding hydrogens is 451 g/mol. The van der Waals surface area contributed by atoms with Crippen molar-refractivity contribution < 1.29 is 22.4 Å². The van der Waals surface area contributed by atoms with E-state index in [-0.39, 0.29) is 31.2 Å². The Morgan fingerprint density at radius 3 is 2.47 bits per heavy atom. The number of rotatable bonds is 4. The maximum absolute atomic E-state index is 14.7. The number of urea groups is 1. The highest BCUT2D eigenvalue weighted by molar-refractivity contribution is 7.92. The maximum atomic E-state index is 14.7. The van der Waals surface area contributed by atoms with Crippen molar-refractivity contribution in [1.29, 1.82) is 0 Å². The van der Waals surface area contributed by atoms with Crippen LogP contribution in [0.3, 0.4) is 0 Å². The number of hydrogen-bond donors (Lipinski definition) is 2. The van der Waals surface area contributed by atoms with Gasteiger partial charge in [0.25, 0.3) is 10.0 Å². The molecule has 30 heavy (non-hydrogen) atoms. The fourth-order valence-corrected chi connectivity index (χ4v) is 5.37. The summed E-state index contributed by atoms with van der Waals surface area (Å²) in [6.07, 6.45) is 1.61. The van der Waals surface area contributed by atoms with Crippen molar-refractivity contribution in [2.24, 2.45) is 0 Å². The third-order valence-electron chi connectivity index (χ3n) is 4.31. The molecule has 0 unspecified atom stereocenters. The molecule has 0 bridgehead atoms. The van der Waals surface area contributed by atoms with E-state index >= 15 is 0 Å². The van der Waals surface area contributed by atoms with E-state index in [0.717, 1.165) is 17.4 Å². The number of anilines is 1. The Kier molecular flexibility index (Phi) is 5.19. The number of carbonyl (C=O) groups is 2. The van der Waals surface area contributed by atoms with Gasteiger partial charge in [0.15, 0.2) is 5.78 Å². The highest BCUT2D eigenvalue weighted by Gasteiger charge is 2.25. The van der Waals surface area contributed by atoms with E-state index in [2.05, 4.69) is 5.32 Å². The molecule has 0 atom stereocenters. The number of ketones is 1. The molecule has 6 nitrogen and oxygen atoms in total. The molecule has 0 radical (unpaired) electrons. The van der Waals surface area contributed by atoms with E-state index in [9.17, 15) is 22.4 Å². The van der Waals surface area contributed by atoms with Gasteiger partial charge in [0, 0.05) is 22.4 Å². The number of hydrogen-bond acceptors (Lipinski definition) is 5. The monoisotopic (exact) mass is 462 g/mol. The number of allylic oxidation sites excluding steroid dienone is 1. The first-order chi connectivity index (χ1) is 14.2. The number of fused-ring (bicyclic) bond motifs is 1. The number of sulfonamides is 1. The zero-order chi connectivity index (χ0) is 21.5. The summed E-state index contributed by atoms with van der Waals surface area (Å²) in [7, 11) is -4.10. The second-order valence-corrected chi connectivity index (χ2v) is 9.91. The number of carbonyl (C=O) groups excluding carboxylic acids is 2. The lowest BCUT2D eigenvalue weighted by Crippen LogP contribution is -2.34. The van der Waals surface area contributed by atoms with Gasteiger partial charge in [-0.1, -0.05) is 35.9 Å². The number of thiophene rings is 1. The van der Waals surface area contributed by atoms with Crippen molar-refractivity contribution >= 4 is 62.1 Å². The summed E-state index contributed by atoms with van der Waals surface area (Å²) < 4.78 is 40.9. The van der Waals surface area contributed by atoms with Gasteiger partial charge >= 0.3 is 6.03 Å². The first kappa shape index (κ1) is 20.3. The van der Waals surface area contributed by atoms with Gasteiger partial charge in [-0.2, -0.15) is 0 Å². The molecular formula is C20H12ClFN2O4S2. The van der Waals surface area contributed by atoms with Crippen LogP contribution in [0.15, 0.2) is 58.8 Å². The normalized spacial score (nSPS) is 13.0. The van der Waals surface area contributed by atoms with Gasteiger partial charge in [-0.25, -0.2) is 22.3 Å². The quantitative estimate of drug-likeness (QED) is 0.583. The molecule has 0 saturated carbocycles. The highest BCUT2D eigenvalue weighted by atomic mass is 35.5. The number of nitrogens with one attached hydrogen (secondary N) is 2. The van der Waals surface area contributed by atoms with Crippen molar-refractivity contribution in [3.05, 3.63) is 81.4 Å². The molecule has 3 aromatic rings. The van der Waals surface area contributed by atoms with Crippen molar-refractivity contribution in [2.45, 2.75) is 4.21 Å². The van der Waals surface area contributed by atoms with Crippen molar-refractivity contribution in [1.82, 2.24) is 4.72 Å². The molecule has 4 rings (SSSR count). The van der Waals surface area contributed by atoms with Gasteiger partial charge in [0.1, 0.15) is 10.0 Å². The summed E-state index contributed by atoms with van der Waals surface area (Å²) in [4.78, 5) is 24.6. The van der Waals surface area contributed by atoms with Gasteiger partial charge in [-0.05, 0) is 42.0 Å². The topological polar surface area (TPSA) is 92.3 Å². The third-order valence-corrected chi connectivity index (χ3v) is 7.36. The van der Waals surface area contributed by atoms with Crippen LogP contribution in [0.4, 0.5) is 14.9 Å². The summed E-state index contributed by atoms with van der Waals surface area (Å²) in [6.45, 7) is 0. The summed E-state index contributed by atoms with van der Waals surface area (Å²) in [5.74, 6) is -1.02. The van der Waals surface area contributed by atoms with Crippen molar-refractivity contribution in [3.8, 4) is 0 Å². The van der Waals surface area contributed by atoms with E-state index in [1.54, 1.807) is 30.3 Å². The number of amides is 2. The number of halogens is 2. The molecule has 2 N–H and O–H groups in total. The molecule has 152 valence electrons. The van der Waals surface area contributed by atoms with Gasteiger partial charge in [-0.3, -0.25) is 4.79 Å². The van der Waals surface area contributed by atoms with Crippen LogP contribution in [-0.4, -0.2) is 20.2 Å². The standard InChI is InChI=1S/C20H12ClFN2O4S2/c21-17-7-8-18(29-17)30(27,28)24-20(26)23-12-5-6-14(16(22)10-12)15-9-11-3-1-2-4-13(11)19(15)25/h1-10H,(H2,23,24,26). The summed E-state index contributed by atoms with van der Waals surface area (Å²) in [6, 6.07) is 12.3. The second kappa shape index (κ2) is 7.67. The van der Waals surface area contributed by atoms with Gasteiger partial charge in [0.05, 0.1) is 4.34 Å². The maximum Gasteiger partial charge on any atom is 0.333 e. The van der Waals surface area contributed by atoms with Crippen LogP contribution >= 0.6 is 22.9 Å². The van der Waals surface area contributed by atoms with Crippen LogP contribution in [0, 0.1) is 5.82 Å². The van der Waals surface area contributed by atoms with E-state index in [1.165, 1.54) is 24.3 Å². The molecule has 1 aliphatic rings. The predicted molar refractivity (Wildman–Crippen MR) is 114 cm³/mol. The fraction of sp³-hybridized carbons (Fsp3) is 0. The van der Waals surface area contributed by atoms with Gasteiger partial charge in [-0.15, -0.1) is 11.3 Å². The number of benzene rings is 2. The SMILES string of the molecule is O=C(Nc1ccc(C2=Cc3ccccc3C2=O)c(F)c1)NS(=O)(=O)c1ccc(Cl)s1. The lowest BCUT2D eigenvalue weighted by molar-refractivity contribution is 0.105. The lowest BCUT2D eigenvalue weighted by atomic mass is 10.0. The first-order valence-corrected chi connectivity index (χ1v) is 11.2. The van der Waals surface area contributed by atoms with Crippen LogP contribution in [0.5, 0.6) is 0 Å². The molecule has 10 heteroatoms. The second-order valence-electron chi connectivity index (χ2n) is 6.29. The fourth-order valence-electron chi connectivity index (χ4n) is 2.98. The van der Waals surface area contributed by atoms with Crippen LogP contribution in [0.2, 0.25) is 4.34 Å². The van der Waals surface area contributed by atoms with Crippen LogP contribution in [0.1, 0.15) is 21.5 Å². The van der Waals surface area contributed by atoms with E-state index < -0.39 is 21.9 Å². The molecule has 1 aromatic heterocycles. The average molecular weight is 463 g/mol. The molecule has 0 aliphatic heterocycles. The van der Waals surface area contributed by atoms with Gasteiger partial charge < -0.3 is 5.32 Å². The zero-order valence-electron chi connectivity index (χ0n) is 15.0. The Morgan fingerprint density at radius 2 is 1.80 bits per heavy atom. The predicted octanol–water partition coefficient (Wildman–Crippen LogP) is 4.79. The molecule has 2 aromatic carbocycles. The molecule has 0 spiro atoms. The Balaban J connectivity index is 1.50. The summed E-state index contributed by atoms with van der Waals surface area (Å²) in [5, 5.41) is 2.26. The van der Waals surface area contributed by atoms with Crippen LogP contribution < -0.4 is 10.0 Å². The smallest absolute Gasteiger partial charge is 0.307 e. The molecule has 1 aliphatic carbocycles. The minimum Gasteiger partial charge on any atom is -0.307 e. The third kappa shape index (κ3) is 3.87. The molecule has 0 saturated heterocycles. The Bertz CT molecular complexity index is 1330. The van der Waals surface area contributed by atoms with Crippen LogP contribution in [-0.2, 0) is 10.0 Å². The average Bonchev–Trinajstić information content (AvgIpc) is 3.26. The van der Waals surface area contributed by atoms with E-state index in [0.29, 0.717) is 11.1 Å². The number of Topliss-reactive ketones (excluding diaryl/α,β-unsaturated/α-hetero) is 1. The highest BCUT2D eigenvalue weighted by Crippen LogP contribution is 2.33. The largest absolute Gasteiger partial charge is 0.333 e. The lowest BCUT2D eigenvalue weighted by Gasteiger charge is -2.09. The molecule has 0 fully saturated rings. The first-order valence-electron chi connectivity index (χ1n) is 8.49. The van der Waals surface area contributed by atoms with E-state index in [4.69, 9.17) is 11.6 Å². The van der Waals surface area contributed by atoms with E-state index in [1.807, 2.05) is 4.72 Å². The minimum atomic E-state index is -4.10. The Hall–Kier alpha value is -3.01. The molecule has 1 heterocycles. The Labute approximate surface area is 180 Å². The van der Waals surface area contributed by atoms with Gasteiger partial charge in [0.2, 0.25) is 0 Å². The van der Waals surface area contributed by atoms with Crippen LogP contribution in [0.25, 0.3) is 11.6 Å². The zero-order valence-corrected chi connectivity index (χ0v) is 17.4. The minimum absolute atomic E-state index is 0.0247. The summed E-state index contributed by atoms with van der Waals surface area (Å²) >= 11 is 6.51. The summed E-state index contributed by atoms with van der Waals surface area (Å²) in [5.41, 5.74) is 1.52.